The van der Waals surface area contributed by atoms with Gasteiger partial charge in [-0.15, -0.1) is 0 Å². The molecule has 1 N–H and O–H groups in total. The van der Waals surface area contributed by atoms with Gasteiger partial charge in [0.15, 0.2) is 5.76 Å². The fourth-order valence-electron chi connectivity index (χ4n) is 4.25. The standard InChI is InChI=1S/C26H27FN2O4/c1-32-20-14-12-18(13-15-20)17-29(26(31)23-11-6-16-33-23)24(21-9-4-5-10-22(21)27)25(30)28-19-7-2-3-8-19/h4-6,9-16,19,24H,2-3,7-8,17H2,1H3,(H,28,30). The van der Waals surface area contributed by atoms with E-state index in [0.717, 1.165) is 31.2 Å². The van der Waals surface area contributed by atoms with E-state index in [0.29, 0.717) is 5.75 Å². The highest BCUT2D eigenvalue weighted by Crippen LogP contribution is 2.29. The summed E-state index contributed by atoms with van der Waals surface area (Å²) in [6.45, 7) is 0.0839. The van der Waals surface area contributed by atoms with Gasteiger partial charge in [0.2, 0.25) is 5.91 Å². The molecule has 1 heterocycles. The van der Waals surface area contributed by atoms with Crippen molar-refractivity contribution < 1.29 is 23.1 Å². The molecule has 0 bridgehead atoms. The lowest BCUT2D eigenvalue weighted by molar-refractivity contribution is -0.127. The maximum atomic E-state index is 15.0. The molecule has 0 radical (unpaired) electrons. The second-order valence-electron chi connectivity index (χ2n) is 8.17. The minimum Gasteiger partial charge on any atom is -0.497 e. The average molecular weight is 451 g/mol. The van der Waals surface area contributed by atoms with Gasteiger partial charge in [-0.2, -0.15) is 0 Å². The van der Waals surface area contributed by atoms with Crippen molar-refractivity contribution >= 4 is 11.8 Å². The van der Waals surface area contributed by atoms with E-state index in [9.17, 15) is 14.0 Å². The number of rotatable bonds is 8. The van der Waals surface area contributed by atoms with Gasteiger partial charge in [-0.25, -0.2) is 4.39 Å². The van der Waals surface area contributed by atoms with E-state index in [1.165, 1.54) is 23.3 Å². The van der Waals surface area contributed by atoms with Gasteiger partial charge in [0, 0.05) is 18.2 Å². The predicted molar refractivity (Wildman–Crippen MR) is 121 cm³/mol. The van der Waals surface area contributed by atoms with Gasteiger partial charge in [-0.3, -0.25) is 9.59 Å². The number of nitrogens with one attached hydrogen (secondary N) is 1. The minimum atomic E-state index is -1.16. The van der Waals surface area contributed by atoms with Crippen LogP contribution in [0.5, 0.6) is 5.75 Å². The van der Waals surface area contributed by atoms with Crippen molar-refractivity contribution in [2.45, 2.75) is 44.3 Å². The van der Waals surface area contributed by atoms with Gasteiger partial charge < -0.3 is 19.4 Å². The van der Waals surface area contributed by atoms with Gasteiger partial charge in [0.05, 0.1) is 13.4 Å². The first-order chi connectivity index (χ1) is 16.1. The molecule has 1 aliphatic rings. The summed E-state index contributed by atoms with van der Waals surface area (Å²) in [4.78, 5) is 28.4. The summed E-state index contributed by atoms with van der Waals surface area (Å²) in [7, 11) is 1.57. The zero-order chi connectivity index (χ0) is 23.2. The van der Waals surface area contributed by atoms with Crippen molar-refractivity contribution in [2.24, 2.45) is 0 Å². The van der Waals surface area contributed by atoms with Crippen LogP contribution in [-0.2, 0) is 11.3 Å². The lowest BCUT2D eigenvalue weighted by Gasteiger charge is -2.32. The molecular formula is C26H27FN2O4. The van der Waals surface area contributed by atoms with Crippen LogP contribution in [0.3, 0.4) is 0 Å². The van der Waals surface area contributed by atoms with Crippen molar-refractivity contribution in [2.75, 3.05) is 7.11 Å². The first-order valence-corrected chi connectivity index (χ1v) is 11.1. The highest BCUT2D eigenvalue weighted by Gasteiger charge is 2.36. The molecule has 2 aromatic carbocycles. The van der Waals surface area contributed by atoms with E-state index < -0.39 is 23.7 Å². The molecule has 33 heavy (non-hydrogen) atoms. The Labute approximate surface area is 192 Å². The molecule has 1 saturated carbocycles. The van der Waals surface area contributed by atoms with Crippen molar-refractivity contribution in [1.82, 2.24) is 10.2 Å². The van der Waals surface area contributed by atoms with Gasteiger partial charge >= 0.3 is 0 Å². The summed E-state index contributed by atoms with van der Waals surface area (Å²) in [5.74, 6) is -0.687. The lowest BCUT2D eigenvalue weighted by atomic mass is 10.0. The number of amides is 2. The van der Waals surface area contributed by atoms with Gasteiger partial charge in [-0.1, -0.05) is 43.2 Å². The number of hydrogen-bond donors (Lipinski definition) is 1. The van der Waals surface area contributed by atoms with Crippen LogP contribution in [0.2, 0.25) is 0 Å². The number of furan rings is 1. The Morgan fingerprint density at radius 1 is 1.09 bits per heavy atom. The van der Waals surface area contributed by atoms with Crippen LogP contribution in [0, 0.1) is 5.82 Å². The summed E-state index contributed by atoms with van der Waals surface area (Å²) in [5.41, 5.74) is 0.909. The Kier molecular flexibility index (Phi) is 7.07. The maximum absolute atomic E-state index is 15.0. The highest BCUT2D eigenvalue weighted by molar-refractivity contribution is 5.96. The molecule has 0 aliphatic heterocycles. The van der Waals surface area contributed by atoms with Gasteiger partial charge in [-0.05, 0) is 48.7 Å². The molecular weight excluding hydrogens is 423 g/mol. The topological polar surface area (TPSA) is 71.8 Å². The van der Waals surface area contributed by atoms with Crippen LogP contribution >= 0.6 is 0 Å². The van der Waals surface area contributed by atoms with E-state index in [1.54, 1.807) is 43.5 Å². The summed E-state index contributed by atoms with van der Waals surface area (Å²) in [6.07, 6.45) is 5.22. The SMILES string of the molecule is COc1ccc(CN(C(=O)c2ccco2)C(C(=O)NC2CCCC2)c2ccccc2F)cc1. The molecule has 4 rings (SSSR count). The predicted octanol–water partition coefficient (Wildman–Crippen LogP) is 4.87. The van der Waals surface area contributed by atoms with E-state index in [2.05, 4.69) is 5.32 Å². The fraction of sp³-hybridized carbons (Fsp3) is 0.308. The Balaban J connectivity index is 1.74. The van der Waals surface area contributed by atoms with E-state index >= 15 is 0 Å². The Morgan fingerprint density at radius 3 is 2.45 bits per heavy atom. The van der Waals surface area contributed by atoms with E-state index in [1.807, 2.05) is 12.1 Å². The maximum Gasteiger partial charge on any atom is 0.290 e. The third-order valence-corrected chi connectivity index (χ3v) is 5.97. The molecule has 1 atom stereocenters. The molecule has 172 valence electrons. The molecule has 7 heteroatoms. The fourth-order valence-corrected chi connectivity index (χ4v) is 4.25. The first-order valence-electron chi connectivity index (χ1n) is 11.1. The Morgan fingerprint density at radius 2 is 1.82 bits per heavy atom. The lowest BCUT2D eigenvalue weighted by Crippen LogP contribution is -2.46. The number of carbonyl (C=O) groups is 2. The van der Waals surface area contributed by atoms with Crippen LogP contribution in [-0.4, -0.2) is 29.9 Å². The van der Waals surface area contributed by atoms with Gasteiger partial charge in [0.25, 0.3) is 5.91 Å². The van der Waals surface area contributed by atoms with Crippen LogP contribution in [0.15, 0.2) is 71.3 Å². The molecule has 1 unspecified atom stereocenters. The van der Waals surface area contributed by atoms with Crippen molar-refractivity contribution in [1.29, 1.82) is 0 Å². The Bertz CT molecular complexity index is 1080. The smallest absolute Gasteiger partial charge is 0.290 e. The Hall–Kier alpha value is -3.61. The van der Waals surface area contributed by atoms with Crippen molar-refractivity contribution in [3.8, 4) is 5.75 Å². The summed E-state index contributed by atoms with van der Waals surface area (Å²) < 4.78 is 25.5. The van der Waals surface area contributed by atoms with E-state index in [-0.39, 0.29) is 23.9 Å². The van der Waals surface area contributed by atoms with Crippen LogP contribution < -0.4 is 10.1 Å². The molecule has 1 aromatic heterocycles. The monoisotopic (exact) mass is 450 g/mol. The highest BCUT2D eigenvalue weighted by atomic mass is 19.1. The quantitative estimate of drug-likeness (QED) is 0.532. The number of halogens is 1. The molecule has 3 aromatic rings. The average Bonchev–Trinajstić information content (AvgIpc) is 3.54. The summed E-state index contributed by atoms with van der Waals surface area (Å²) in [5, 5.41) is 3.04. The zero-order valence-electron chi connectivity index (χ0n) is 18.5. The number of methoxy groups -OCH3 is 1. The second-order valence-corrected chi connectivity index (χ2v) is 8.17. The molecule has 1 fully saturated rings. The number of hydrogen-bond acceptors (Lipinski definition) is 4. The summed E-state index contributed by atoms with van der Waals surface area (Å²) >= 11 is 0. The van der Waals surface area contributed by atoms with Crippen LogP contribution in [0.4, 0.5) is 4.39 Å². The van der Waals surface area contributed by atoms with Crippen LogP contribution in [0.1, 0.15) is 53.4 Å². The molecule has 2 amide bonds. The van der Waals surface area contributed by atoms with Gasteiger partial charge in [0.1, 0.15) is 17.6 Å². The number of nitrogens with zero attached hydrogens (tertiary/aromatic N) is 1. The largest absolute Gasteiger partial charge is 0.497 e. The second kappa shape index (κ2) is 10.3. The normalized spacial score (nSPS) is 14.6. The zero-order valence-corrected chi connectivity index (χ0v) is 18.5. The number of carbonyl (C=O) groups excluding carboxylic acids is 2. The van der Waals surface area contributed by atoms with Crippen LogP contribution in [0.25, 0.3) is 0 Å². The third-order valence-electron chi connectivity index (χ3n) is 5.97. The van der Waals surface area contributed by atoms with E-state index in [4.69, 9.17) is 9.15 Å². The summed E-state index contributed by atoms with van der Waals surface area (Å²) in [6, 6.07) is 15.3. The molecule has 0 saturated heterocycles. The minimum absolute atomic E-state index is 0.0216. The van der Waals surface area contributed by atoms with Crippen molar-refractivity contribution in [3.63, 3.8) is 0 Å². The number of ether oxygens (including phenoxy) is 1. The molecule has 1 aliphatic carbocycles. The molecule has 0 spiro atoms. The first kappa shape index (κ1) is 22.6. The van der Waals surface area contributed by atoms with Crippen molar-refractivity contribution in [3.05, 3.63) is 89.6 Å². The molecule has 6 nitrogen and oxygen atoms in total. The number of benzene rings is 2. The third kappa shape index (κ3) is 5.25.